The molecular weight excluding hydrogens is 459 g/mol. The number of amides is 1. The van der Waals surface area contributed by atoms with Crippen LogP contribution in [0.5, 0.6) is 0 Å². The van der Waals surface area contributed by atoms with Crippen molar-refractivity contribution in [3.05, 3.63) is 68.0 Å². The van der Waals surface area contributed by atoms with E-state index in [1.54, 1.807) is 50.3 Å². The molecule has 146 valence electrons. The number of aryl methyl sites for hydroxylation is 2. The monoisotopic (exact) mass is 472 g/mol. The van der Waals surface area contributed by atoms with Crippen LogP contribution >= 0.6 is 47.2 Å². The van der Waals surface area contributed by atoms with Crippen LogP contribution in [0.1, 0.15) is 16.7 Å². The lowest BCUT2D eigenvalue weighted by molar-refractivity contribution is -0.123. The molecule has 0 atom stereocenters. The van der Waals surface area contributed by atoms with Crippen molar-refractivity contribution < 1.29 is 13.2 Å². The van der Waals surface area contributed by atoms with Crippen LogP contribution in [0.25, 0.3) is 6.08 Å². The number of thioether (sulfide) groups is 1. The second-order valence-electron chi connectivity index (χ2n) is 6.05. The number of thiocarbonyl (C=S) groups is 1. The zero-order chi connectivity index (χ0) is 20.6. The standard InChI is InChI=1S/C18H14Cl2N2O3S3/c1-10-3-4-11(2)16(7-10)28(24,25)21-22-17(23)15(27-18(22)26)9-12-5-6-13(19)14(20)8-12/h3-9,21H,1-2H3/b15-9+. The van der Waals surface area contributed by atoms with Crippen LogP contribution in [0.4, 0.5) is 0 Å². The van der Waals surface area contributed by atoms with Gasteiger partial charge in [-0.25, -0.2) is 13.4 Å². The third kappa shape index (κ3) is 4.42. The van der Waals surface area contributed by atoms with Gasteiger partial charge in [0, 0.05) is 0 Å². The van der Waals surface area contributed by atoms with Crippen LogP contribution in [0.15, 0.2) is 46.2 Å². The van der Waals surface area contributed by atoms with Crippen molar-refractivity contribution in [2.75, 3.05) is 0 Å². The Morgan fingerprint density at radius 3 is 2.50 bits per heavy atom. The van der Waals surface area contributed by atoms with Crippen molar-refractivity contribution in [1.82, 2.24) is 9.84 Å². The Kier molecular flexibility index (Phi) is 6.19. The number of carbonyl (C=O) groups is 1. The van der Waals surface area contributed by atoms with E-state index in [4.69, 9.17) is 35.4 Å². The van der Waals surface area contributed by atoms with Gasteiger partial charge in [-0.1, -0.05) is 65.4 Å². The number of carbonyl (C=O) groups excluding carboxylic acids is 1. The van der Waals surface area contributed by atoms with Crippen molar-refractivity contribution in [3.63, 3.8) is 0 Å². The molecule has 1 aliphatic rings. The smallest absolute Gasteiger partial charge is 0.267 e. The lowest BCUT2D eigenvalue weighted by Crippen LogP contribution is -2.44. The van der Waals surface area contributed by atoms with Crippen molar-refractivity contribution in [1.29, 1.82) is 0 Å². The van der Waals surface area contributed by atoms with Crippen molar-refractivity contribution in [2.45, 2.75) is 18.7 Å². The first-order chi connectivity index (χ1) is 13.1. The number of hydrogen-bond acceptors (Lipinski definition) is 5. The maximum absolute atomic E-state index is 12.8. The summed E-state index contributed by atoms with van der Waals surface area (Å²) in [6.07, 6.45) is 1.58. The largest absolute Gasteiger partial charge is 0.281 e. The predicted octanol–water partition coefficient (Wildman–Crippen LogP) is 4.70. The van der Waals surface area contributed by atoms with Crippen molar-refractivity contribution in [2.24, 2.45) is 0 Å². The summed E-state index contributed by atoms with van der Waals surface area (Å²) in [5.74, 6) is -0.560. The maximum atomic E-state index is 12.8. The third-order valence-corrected chi connectivity index (χ3v) is 7.36. The fourth-order valence-electron chi connectivity index (χ4n) is 2.47. The number of hydrazine groups is 1. The Balaban J connectivity index is 1.88. The molecule has 0 bridgehead atoms. The normalized spacial score (nSPS) is 16.3. The molecule has 0 aliphatic carbocycles. The molecule has 0 aromatic heterocycles. The van der Waals surface area contributed by atoms with E-state index in [1.807, 2.05) is 6.07 Å². The van der Waals surface area contributed by atoms with Gasteiger partial charge < -0.3 is 0 Å². The lowest BCUT2D eigenvalue weighted by atomic mass is 10.2. The Bertz CT molecular complexity index is 1130. The molecule has 1 N–H and O–H groups in total. The molecule has 0 saturated carbocycles. The summed E-state index contributed by atoms with van der Waals surface area (Å²) >= 11 is 18.1. The van der Waals surface area contributed by atoms with E-state index in [1.165, 1.54) is 0 Å². The third-order valence-electron chi connectivity index (χ3n) is 3.88. The summed E-state index contributed by atoms with van der Waals surface area (Å²) in [5.41, 5.74) is 2.00. The average Bonchev–Trinajstić information content (AvgIpc) is 2.87. The van der Waals surface area contributed by atoms with E-state index in [-0.39, 0.29) is 14.1 Å². The van der Waals surface area contributed by atoms with Crippen molar-refractivity contribution >= 4 is 73.5 Å². The number of hydrogen-bond donors (Lipinski definition) is 1. The number of nitrogens with zero attached hydrogens (tertiary/aromatic N) is 1. The van der Waals surface area contributed by atoms with Gasteiger partial charge in [0.25, 0.3) is 15.9 Å². The second kappa shape index (κ2) is 8.14. The van der Waals surface area contributed by atoms with Crippen LogP contribution in [-0.2, 0) is 14.8 Å². The zero-order valence-electron chi connectivity index (χ0n) is 14.7. The highest BCUT2D eigenvalue weighted by molar-refractivity contribution is 8.26. The molecule has 1 fully saturated rings. The highest BCUT2D eigenvalue weighted by Gasteiger charge is 2.36. The topological polar surface area (TPSA) is 66.5 Å². The maximum Gasteiger partial charge on any atom is 0.281 e. The minimum absolute atomic E-state index is 0.0881. The SMILES string of the molecule is Cc1ccc(C)c(S(=O)(=O)NN2C(=O)/C(=C\c3ccc(Cl)c(Cl)c3)SC2=S)c1. The minimum Gasteiger partial charge on any atom is -0.267 e. The van der Waals surface area contributed by atoms with Gasteiger partial charge in [-0.3, -0.25) is 4.79 Å². The summed E-state index contributed by atoms with van der Waals surface area (Å²) in [4.78, 5) is 15.3. The van der Waals surface area contributed by atoms with E-state index in [9.17, 15) is 13.2 Å². The number of rotatable bonds is 4. The Morgan fingerprint density at radius 1 is 1.11 bits per heavy atom. The Morgan fingerprint density at radius 2 is 1.82 bits per heavy atom. The molecule has 0 radical (unpaired) electrons. The van der Waals surface area contributed by atoms with E-state index in [0.717, 1.165) is 22.3 Å². The van der Waals surface area contributed by atoms with Crippen LogP contribution in [0.3, 0.4) is 0 Å². The fraction of sp³-hybridized carbons (Fsp3) is 0.111. The Labute approximate surface area is 182 Å². The predicted molar refractivity (Wildman–Crippen MR) is 118 cm³/mol. The lowest BCUT2D eigenvalue weighted by Gasteiger charge is -2.17. The molecular formula is C18H14Cl2N2O3S3. The second-order valence-corrected chi connectivity index (χ2v) is 10.2. The summed E-state index contributed by atoms with van der Waals surface area (Å²) in [6, 6.07) is 9.98. The van der Waals surface area contributed by atoms with Crippen LogP contribution < -0.4 is 4.83 Å². The molecule has 5 nitrogen and oxygen atoms in total. The van der Waals surface area contributed by atoms with Gasteiger partial charge in [0.15, 0.2) is 4.32 Å². The van der Waals surface area contributed by atoms with Crippen LogP contribution in [0, 0.1) is 13.8 Å². The molecule has 3 rings (SSSR count). The Hall–Kier alpha value is -1.42. The van der Waals surface area contributed by atoms with Crippen LogP contribution in [-0.4, -0.2) is 23.7 Å². The first kappa shape index (κ1) is 21.3. The molecule has 0 spiro atoms. The molecule has 2 aromatic carbocycles. The van der Waals surface area contributed by atoms with Gasteiger partial charge in [-0.05, 0) is 54.8 Å². The molecule has 1 aliphatic heterocycles. The van der Waals surface area contributed by atoms with Gasteiger partial charge in [0.2, 0.25) is 0 Å². The summed E-state index contributed by atoms with van der Waals surface area (Å²) in [6.45, 7) is 3.47. The quantitative estimate of drug-likeness (QED) is 0.515. The van der Waals surface area contributed by atoms with Gasteiger partial charge in [0.05, 0.1) is 19.8 Å². The number of nitrogens with one attached hydrogen (secondary N) is 1. The number of benzene rings is 2. The first-order valence-corrected chi connectivity index (χ1v) is 11.4. The van der Waals surface area contributed by atoms with E-state index < -0.39 is 15.9 Å². The van der Waals surface area contributed by atoms with Crippen LogP contribution in [0.2, 0.25) is 10.0 Å². The molecule has 0 unspecified atom stereocenters. The molecule has 10 heteroatoms. The summed E-state index contributed by atoms with van der Waals surface area (Å²) in [5, 5.41) is 1.61. The number of halogens is 2. The molecule has 2 aromatic rings. The summed E-state index contributed by atoms with van der Waals surface area (Å²) < 4.78 is 25.6. The first-order valence-electron chi connectivity index (χ1n) is 7.91. The molecule has 1 heterocycles. The van der Waals surface area contributed by atoms with E-state index in [0.29, 0.717) is 21.2 Å². The highest BCUT2D eigenvalue weighted by Crippen LogP contribution is 2.33. The van der Waals surface area contributed by atoms with Gasteiger partial charge >= 0.3 is 0 Å². The highest BCUT2D eigenvalue weighted by atomic mass is 35.5. The summed E-state index contributed by atoms with van der Waals surface area (Å²) in [7, 11) is -3.98. The van der Waals surface area contributed by atoms with Gasteiger partial charge in [-0.2, -0.15) is 0 Å². The average molecular weight is 473 g/mol. The molecule has 1 saturated heterocycles. The van der Waals surface area contributed by atoms with Gasteiger partial charge in [-0.15, -0.1) is 4.83 Å². The van der Waals surface area contributed by atoms with Gasteiger partial charge in [0.1, 0.15) is 0 Å². The fourth-order valence-corrected chi connectivity index (χ4v) is 5.41. The molecule has 28 heavy (non-hydrogen) atoms. The van der Waals surface area contributed by atoms with E-state index >= 15 is 0 Å². The number of sulfonamides is 1. The van der Waals surface area contributed by atoms with E-state index in [2.05, 4.69) is 4.83 Å². The van der Waals surface area contributed by atoms with Crippen molar-refractivity contribution in [3.8, 4) is 0 Å². The minimum atomic E-state index is -3.98. The molecule has 1 amide bonds. The zero-order valence-corrected chi connectivity index (χ0v) is 18.7.